The summed E-state index contributed by atoms with van der Waals surface area (Å²) in [7, 11) is 0. The van der Waals surface area contributed by atoms with Crippen molar-refractivity contribution < 1.29 is 0 Å². The Morgan fingerprint density at radius 3 is 1.63 bits per heavy atom. The van der Waals surface area contributed by atoms with Crippen molar-refractivity contribution in [1.82, 2.24) is 19.9 Å². The lowest BCUT2D eigenvalue weighted by molar-refractivity contribution is 0.796. The number of nitrogens with zero attached hydrogens (tertiary/aromatic N) is 2. The summed E-state index contributed by atoms with van der Waals surface area (Å²) in [5, 5.41) is 0. The Kier molecular flexibility index (Phi) is 5.18. The van der Waals surface area contributed by atoms with E-state index in [1.807, 2.05) is 0 Å². The second-order valence-corrected chi connectivity index (χ2v) is 7.03. The van der Waals surface area contributed by atoms with E-state index in [0.29, 0.717) is 13.1 Å². The monoisotopic (exact) mass is 362 g/mol. The molecular formula is C21H26N6. The molecule has 4 rings (SSSR count). The summed E-state index contributed by atoms with van der Waals surface area (Å²) in [5.74, 6) is 2.02. The van der Waals surface area contributed by atoms with Gasteiger partial charge in [-0.25, -0.2) is 9.97 Å². The van der Waals surface area contributed by atoms with Crippen LogP contribution in [0.3, 0.4) is 0 Å². The van der Waals surface area contributed by atoms with Gasteiger partial charge in [-0.05, 0) is 67.7 Å². The van der Waals surface area contributed by atoms with E-state index in [1.165, 1.54) is 11.1 Å². The van der Waals surface area contributed by atoms with Gasteiger partial charge in [-0.2, -0.15) is 0 Å². The predicted octanol–water partition coefficient (Wildman–Crippen LogP) is 2.81. The van der Waals surface area contributed by atoms with Gasteiger partial charge < -0.3 is 21.4 Å². The van der Waals surface area contributed by atoms with E-state index in [0.717, 1.165) is 65.8 Å². The summed E-state index contributed by atoms with van der Waals surface area (Å²) >= 11 is 0. The number of aryl methyl sites for hydroxylation is 2. The first-order valence-electron chi connectivity index (χ1n) is 9.60. The molecular weight excluding hydrogens is 336 g/mol. The maximum absolute atomic E-state index is 5.59. The Bertz CT molecular complexity index is 961. The van der Waals surface area contributed by atoms with Gasteiger partial charge in [-0.1, -0.05) is 12.1 Å². The van der Waals surface area contributed by atoms with Crippen LogP contribution in [0.2, 0.25) is 0 Å². The van der Waals surface area contributed by atoms with E-state index in [9.17, 15) is 0 Å². The van der Waals surface area contributed by atoms with E-state index in [4.69, 9.17) is 11.5 Å². The largest absolute Gasteiger partial charge is 0.342 e. The fourth-order valence-electron chi connectivity index (χ4n) is 3.45. The molecule has 0 saturated heterocycles. The van der Waals surface area contributed by atoms with Crippen LogP contribution in [0, 0.1) is 0 Å². The number of hydrogen-bond acceptors (Lipinski definition) is 4. The molecule has 0 aliphatic heterocycles. The van der Waals surface area contributed by atoms with Gasteiger partial charge in [0.15, 0.2) is 0 Å². The molecule has 6 N–H and O–H groups in total. The van der Waals surface area contributed by atoms with Crippen molar-refractivity contribution in [3.8, 4) is 0 Å². The quantitative estimate of drug-likeness (QED) is 0.386. The minimum atomic E-state index is 0.687. The minimum Gasteiger partial charge on any atom is -0.342 e. The molecule has 0 aliphatic carbocycles. The molecule has 140 valence electrons. The highest BCUT2D eigenvalue weighted by atomic mass is 14.9. The molecule has 0 aliphatic rings. The number of aromatic amines is 2. The number of hydrogen-bond donors (Lipinski definition) is 4. The normalized spacial score (nSPS) is 11.6. The Morgan fingerprint density at radius 2 is 1.19 bits per heavy atom. The van der Waals surface area contributed by atoms with Gasteiger partial charge in [0.05, 0.1) is 22.1 Å². The second kappa shape index (κ2) is 7.90. The van der Waals surface area contributed by atoms with Gasteiger partial charge >= 0.3 is 0 Å². The number of benzene rings is 2. The fraction of sp³-hybridized carbons (Fsp3) is 0.333. The third kappa shape index (κ3) is 4.02. The summed E-state index contributed by atoms with van der Waals surface area (Å²) in [6.07, 6.45) is 4.56. The van der Waals surface area contributed by atoms with Crippen LogP contribution in [0.5, 0.6) is 0 Å². The lowest BCUT2D eigenvalue weighted by Gasteiger charge is -2.02. The third-order valence-electron chi connectivity index (χ3n) is 4.83. The molecule has 27 heavy (non-hydrogen) atoms. The number of H-pyrrole nitrogens is 2. The van der Waals surface area contributed by atoms with Crippen LogP contribution in [0.15, 0.2) is 36.4 Å². The van der Waals surface area contributed by atoms with Gasteiger partial charge in [0.1, 0.15) is 11.6 Å². The van der Waals surface area contributed by atoms with Crippen LogP contribution in [0.25, 0.3) is 22.1 Å². The topological polar surface area (TPSA) is 109 Å². The van der Waals surface area contributed by atoms with Crippen molar-refractivity contribution in [2.75, 3.05) is 13.1 Å². The fourth-order valence-corrected chi connectivity index (χ4v) is 3.45. The Morgan fingerprint density at radius 1 is 0.704 bits per heavy atom. The molecule has 2 heterocycles. The standard InChI is InChI=1S/C21H26N6/c22-9-1-3-20-24-16-7-5-14(12-18(16)26-20)11-15-6-8-17-19(13-15)27-21(25-17)4-2-10-23/h5-8,12-13H,1-4,9-11,22-23H2,(H,24,26)(H,25,27). The highest BCUT2D eigenvalue weighted by Gasteiger charge is 2.07. The number of fused-ring (bicyclic) bond motifs is 2. The van der Waals surface area contributed by atoms with Crippen LogP contribution >= 0.6 is 0 Å². The first-order chi connectivity index (χ1) is 13.2. The predicted molar refractivity (Wildman–Crippen MR) is 110 cm³/mol. The first-order valence-corrected chi connectivity index (χ1v) is 9.60. The zero-order valence-electron chi connectivity index (χ0n) is 15.5. The molecule has 0 saturated carbocycles. The average Bonchev–Trinajstić information content (AvgIpc) is 3.27. The number of aromatic nitrogens is 4. The van der Waals surface area contributed by atoms with Crippen molar-refractivity contribution in [3.63, 3.8) is 0 Å². The Balaban J connectivity index is 1.53. The molecule has 0 atom stereocenters. The van der Waals surface area contributed by atoms with Crippen molar-refractivity contribution in [3.05, 3.63) is 59.2 Å². The van der Waals surface area contributed by atoms with Crippen LogP contribution in [0.1, 0.15) is 35.6 Å². The summed E-state index contributed by atoms with van der Waals surface area (Å²) in [4.78, 5) is 16.1. The van der Waals surface area contributed by atoms with Gasteiger partial charge in [-0.3, -0.25) is 0 Å². The molecule has 6 nitrogen and oxygen atoms in total. The molecule has 0 spiro atoms. The average molecular weight is 362 g/mol. The van der Waals surface area contributed by atoms with Crippen LogP contribution in [-0.2, 0) is 19.3 Å². The summed E-state index contributed by atoms with van der Waals surface area (Å²) in [6, 6.07) is 12.9. The van der Waals surface area contributed by atoms with Crippen LogP contribution < -0.4 is 11.5 Å². The molecule has 0 amide bonds. The van der Waals surface area contributed by atoms with Gasteiger partial charge in [0.2, 0.25) is 0 Å². The van der Waals surface area contributed by atoms with E-state index in [1.54, 1.807) is 0 Å². The number of nitrogens with one attached hydrogen (secondary N) is 2. The van der Waals surface area contributed by atoms with Gasteiger partial charge in [-0.15, -0.1) is 0 Å². The van der Waals surface area contributed by atoms with Crippen molar-refractivity contribution in [2.45, 2.75) is 32.1 Å². The van der Waals surface area contributed by atoms with Crippen molar-refractivity contribution in [2.24, 2.45) is 11.5 Å². The first kappa shape index (κ1) is 17.7. The molecule has 2 aromatic heterocycles. The molecule has 0 bridgehead atoms. The molecule has 0 unspecified atom stereocenters. The zero-order valence-corrected chi connectivity index (χ0v) is 15.5. The second-order valence-electron chi connectivity index (χ2n) is 7.03. The maximum atomic E-state index is 5.59. The maximum Gasteiger partial charge on any atom is 0.107 e. The zero-order chi connectivity index (χ0) is 18.6. The number of imidazole rings is 2. The van der Waals surface area contributed by atoms with Crippen LogP contribution in [-0.4, -0.2) is 33.0 Å². The van der Waals surface area contributed by atoms with Crippen molar-refractivity contribution in [1.29, 1.82) is 0 Å². The van der Waals surface area contributed by atoms with E-state index in [-0.39, 0.29) is 0 Å². The van der Waals surface area contributed by atoms with Gasteiger partial charge in [0.25, 0.3) is 0 Å². The van der Waals surface area contributed by atoms with Gasteiger partial charge in [0, 0.05) is 12.8 Å². The Hall–Kier alpha value is -2.70. The SMILES string of the molecule is NCCCc1nc2ccc(Cc3ccc4nc(CCCN)[nH]c4c3)cc2[nH]1. The summed E-state index contributed by atoms with van der Waals surface area (Å²) in [6.45, 7) is 1.37. The highest BCUT2D eigenvalue weighted by Crippen LogP contribution is 2.20. The van der Waals surface area contributed by atoms with E-state index >= 15 is 0 Å². The third-order valence-corrected chi connectivity index (χ3v) is 4.83. The van der Waals surface area contributed by atoms with Crippen LogP contribution in [0.4, 0.5) is 0 Å². The van der Waals surface area contributed by atoms with E-state index < -0.39 is 0 Å². The molecule has 4 aromatic rings. The smallest absolute Gasteiger partial charge is 0.107 e. The molecule has 0 fully saturated rings. The summed E-state index contributed by atoms with van der Waals surface area (Å²) < 4.78 is 0. The lowest BCUT2D eigenvalue weighted by Crippen LogP contribution is -2.01. The van der Waals surface area contributed by atoms with Crippen molar-refractivity contribution >= 4 is 22.1 Å². The lowest BCUT2D eigenvalue weighted by atomic mass is 10.0. The Labute approximate surface area is 158 Å². The summed E-state index contributed by atoms with van der Waals surface area (Å²) in [5.41, 5.74) is 17.9. The number of rotatable bonds is 8. The molecule has 0 radical (unpaired) electrons. The van der Waals surface area contributed by atoms with E-state index in [2.05, 4.69) is 56.3 Å². The number of nitrogens with two attached hydrogens (primary N) is 2. The molecule has 6 heteroatoms. The molecule has 2 aromatic carbocycles. The minimum absolute atomic E-state index is 0.687. The highest BCUT2D eigenvalue weighted by molar-refractivity contribution is 5.77.